The van der Waals surface area contributed by atoms with Gasteiger partial charge in [-0.1, -0.05) is 13.1 Å². The second kappa shape index (κ2) is 26.1. The average Bonchev–Trinajstić information content (AvgIpc) is 2.88. The predicted molar refractivity (Wildman–Crippen MR) is 143 cm³/mol. The Morgan fingerprint density at radius 1 is 0.405 bits per heavy atom. The van der Waals surface area contributed by atoms with Crippen LogP contribution in [-0.2, 0) is 48.4 Å². The minimum absolute atomic E-state index is 0.391. The highest BCUT2D eigenvalue weighted by Crippen LogP contribution is 2.22. The SMILES string of the molecule is C[Si](CCOCCCOCC[Si](C)(CCOON)CCOON)(CCOCCON)CCOCCON. The van der Waals surface area contributed by atoms with Crippen LogP contribution in [0.3, 0.4) is 0 Å². The maximum atomic E-state index is 5.92. The van der Waals surface area contributed by atoms with Crippen LogP contribution in [0.1, 0.15) is 6.42 Å². The van der Waals surface area contributed by atoms with E-state index in [1.54, 1.807) is 0 Å². The number of nitrogens with two attached hydrogens (primary N) is 4. The molecule has 0 unspecified atom stereocenters. The lowest BCUT2D eigenvalue weighted by molar-refractivity contribution is -0.297. The molecule has 0 saturated heterocycles. The average molecular weight is 577 g/mol. The molecule has 37 heavy (non-hydrogen) atoms. The number of hydrogen-bond acceptors (Lipinski definition) is 14. The zero-order chi connectivity index (χ0) is 27.5. The number of rotatable bonds is 30. The molecule has 0 amide bonds. The van der Waals surface area contributed by atoms with E-state index in [0.29, 0.717) is 72.7 Å². The molecule has 0 aromatic heterocycles. The second-order valence-corrected chi connectivity index (χ2v) is 19.7. The van der Waals surface area contributed by atoms with Crippen LogP contribution in [-0.4, -0.2) is 95.4 Å². The van der Waals surface area contributed by atoms with Crippen molar-refractivity contribution in [2.24, 2.45) is 23.6 Å². The van der Waals surface area contributed by atoms with E-state index in [4.69, 9.17) is 52.3 Å². The molecule has 0 saturated carbocycles. The van der Waals surface area contributed by atoms with Crippen LogP contribution < -0.4 is 23.6 Å². The monoisotopic (exact) mass is 576 g/mol. The Bertz CT molecular complexity index is 469. The Morgan fingerprint density at radius 3 is 1.05 bits per heavy atom. The molecule has 0 aromatic rings. The lowest BCUT2D eigenvalue weighted by Gasteiger charge is -2.27. The first-order valence-electron chi connectivity index (χ1n) is 12.9. The van der Waals surface area contributed by atoms with Gasteiger partial charge in [0.25, 0.3) is 0 Å². The van der Waals surface area contributed by atoms with Gasteiger partial charge in [-0.2, -0.15) is 11.8 Å². The summed E-state index contributed by atoms with van der Waals surface area (Å²) in [6.45, 7) is 11.3. The third-order valence-electron chi connectivity index (χ3n) is 6.38. The Labute approximate surface area is 223 Å². The van der Waals surface area contributed by atoms with Crippen molar-refractivity contribution >= 4 is 16.1 Å². The minimum atomic E-state index is -1.68. The highest BCUT2D eigenvalue weighted by Gasteiger charge is 2.27. The van der Waals surface area contributed by atoms with Gasteiger partial charge in [0, 0.05) is 39.6 Å². The molecule has 8 N–H and O–H groups in total. The summed E-state index contributed by atoms with van der Waals surface area (Å²) < 4.78 is 23.1. The summed E-state index contributed by atoms with van der Waals surface area (Å²) in [6, 6.07) is 5.77. The van der Waals surface area contributed by atoms with Crippen molar-refractivity contribution in [3.05, 3.63) is 0 Å². The van der Waals surface area contributed by atoms with Crippen molar-refractivity contribution in [3.63, 3.8) is 0 Å². The Morgan fingerprint density at radius 2 is 0.730 bits per heavy atom. The molecule has 14 nitrogen and oxygen atoms in total. The van der Waals surface area contributed by atoms with E-state index in [1.807, 2.05) is 0 Å². The standard InChI is InChI=1S/C21H52N4O10Si2/c1-36(18-12-28-6-8-30-22,19-13-29-7-9-31-23)16-10-26-4-3-5-27-11-17-37(2,20-14-32-34-24)21-15-33-35-25/h3-25H2,1-2H3. The maximum absolute atomic E-state index is 5.92. The zero-order valence-electron chi connectivity index (χ0n) is 22.8. The van der Waals surface area contributed by atoms with Crippen LogP contribution in [0.2, 0.25) is 49.4 Å². The molecule has 0 radical (unpaired) electrons. The second-order valence-electron chi connectivity index (χ2n) is 9.50. The first-order chi connectivity index (χ1) is 17.9. The molecular formula is C21H52N4O10Si2. The molecule has 16 heteroatoms. The molecule has 0 aliphatic carbocycles. The van der Waals surface area contributed by atoms with Crippen LogP contribution in [0.25, 0.3) is 0 Å². The van der Waals surface area contributed by atoms with E-state index in [-0.39, 0.29) is 0 Å². The summed E-state index contributed by atoms with van der Waals surface area (Å²) in [5.74, 6) is 20.0. The Kier molecular flexibility index (Phi) is 26.0. The van der Waals surface area contributed by atoms with Gasteiger partial charge in [0.15, 0.2) is 0 Å². The van der Waals surface area contributed by atoms with E-state index in [9.17, 15) is 0 Å². The quantitative estimate of drug-likeness (QED) is 0.0409. The van der Waals surface area contributed by atoms with Crippen molar-refractivity contribution in [2.45, 2.75) is 55.8 Å². The molecule has 0 fully saturated rings. The van der Waals surface area contributed by atoms with E-state index in [0.717, 1.165) is 49.3 Å². The van der Waals surface area contributed by atoms with Gasteiger partial charge in [-0.15, -0.1) is 9.98 Å². The fourth-order valence-corrected chi connectivity index (χ4v) is 8.78. The molecule has 0 rings (SSSR count). The molecule has 0 atom stereocenters. The summed E-state index contributed by atoms with van der Waals surface area (Å²) in [5.41, 5.74) is 0. The smallest absolute Gasteiger partial charge is 0.0913 e. The minimum Gasteiger partial charge on any atom is -0.382 e. The fourth-order valence-electron chi connectivity index (χ4n) is 3.58. The fraction of sp³-hybridized carbons (Fsp3) is 1.00. The topological polar surface area (TPSA) is 196 Å². The van der Waals surface area contributed by atoms with Gasteiger partial charge in [0.1, 0.15) is 0 Å². The molecule has 0 aliphatic rings. The van der Waals surface area contributed by atoms with Gasteiger partial charge in [0.2, 0.25) is 0 Å². The number of ether oxygens (including phenoxy) is 4. The summed E-state index contributed by atoms with van der Waals surface area (Å²) in [5, 5.41) is 0. The van der Waals surface area contributed by atoms with Gasteiger partial charge in [0.05, 0.1) is 55.8 Å². The molecule has 0 bridgehead atoms. The Hall–Kier alpha value is -0.126. The first kappa shape index (κ1) is 36.9. The summed E-state index contributed by atoms with van der Waals surface area (Å²) >= 11 is 0. The normalized spacial score (nSPS) is 12.5. The molecule has 0 heterocycles. The predicted octanol–water partition coefficient (Wildman–Crippen LogP) is 1.02. The van der Waals surface area contributed by atoms with E-state index >= 15 is 0 Å². The lowest BCUT2D eigenvalue weighted by Crippen LogP contribution is -2.35. The number of hydrogen-bond donors (Lipinski definition) is 4. The lowest BCUT2D eigenvalue weighted by atomic mass is 10.5. The van der Waals surface area contributed by atoms with Crippen molar-refractivity contribution in [2.75, 3.05) is 79.3 Å². The van der Waals surface area contributed by atoms with Crippen molar-refractivity contribution in [1.29, 1.82) is 0 Å². The maximum Gasteiger partial charge on any atom is 0.0913 e. The van der Waals surface area contributed by atoms with Crippen LogP contribution in [0.15, 0.2) is 0 Å². The van der Waals surface area contributed by atoms with E-state index in [2.05, 4.69) is 32.7 Å². The molecule has 0 spiro atoms. The van der Waals surface area contributed by atoms with Crippen LogP contribution in [0.5, 0.6) is 0 Å². The highest BCUT2D eigenvalue weighted by atomic mass is 28.3. The molecule has 224 valence electrons. The van der Waals surface area contributed by atoms with Gasteiger partial charge >= 0.3 is 0 Å². The Balaban J connectivity index is 4.15. The van der Waals surface area contributed by atoms with Gasteiger partial charge in [-0.05, 0) is 42.7 Å². The third-order valence-corrected chi connectivity index (χ3v) is 14.8. The molecular weight excluding hydrogens is 524 g/mol. The van der Waals surface area contributed by atoms with Gasteiger partial charge < -0.3 is 28.6 Å². The van der Waals surface area contributed by atoms with Crippen LogP contribution >= 0.6 is 0 Å². The van der Waals surface area contributed by atoms with E-state index in [1.165, 1.54) is 0 Å². The van der Waals surface area contributed by atoms with Crippen LogP contribution in [0, 0.1) is 0 Å². The molecule has 0 aromatic carbocycles. The zero-order valence-corrected chi connectivity index (χ0v) is 24.8. The van der Waals surface area contributed by atoms with Gasteiger partial charge in [-0.25, -0.2) is 21.6 Å². The highest BCUT2D eigenvalue weighted by molar-refractivity contribution is 6.79. The van der Waals surface area contributed by atoms with Crippen molar-refractivity contribution < 1.29 is 48.4 Å². The summed E-state index contributed by atoms with van der Waals surface area (Å²) in [6.07, 6.45) is 0.842. The van der Waals surface area contributed by atoms with Crippen molar-refractivity contribution in [1.82, 2.24) is 0 Å². The van der Waals surface area contributed by atoms with Crippen LogP contribution in [0.4, 0.5) is 0 Å². The van der Waals surface area contributed by atoms with Crippen molar-refractivity contribution in [3.8, 4) is 0 Å². The third kappa shape index (κ3) is 23.5. The van der Waals surface area contributed by atoms with Gasteiger partial charge in [-0.3, -0.25) is 0 Å². The summed E-state index contributed by atoms with van der Waals surface area (Å²) in [7, 11) is -3.28. The molecule has 0 aliphatic heterocycles. The summed E-state index contributed by atoms with van der Waals surface area (Å²) in [4.78, 5) is 27.2. The van der Waals surface area contributed by atoms with E-state index < -0.39 is 16.1 Å². The largest absolute Gasteiger partial charge is 0.382 e. The first-order valence-corrected chi connectivity index (χ1v) is 19.1.